The molecule has 1 aromatic rings. The first-order chi connectivity index (χ1) is 27.9. The summed E-state index contributed by atoms with van der Waals surface area (Å²) >= 11 is 0. The molecule has 0 saturated heterocycles. The Kier molecular flexibility index (Phi) is 25.3. The molecular weight excluding hydrogens is 763 g/mol. The second kappa shape index (κ2) is 28.9. The maximum Gasteiger partial charge on any atom is 0.315 e. The Hall–Kier alpha value is -5.40. The molecule has 20 nitrogen and oxygen atoms in total. The normalized spacial score (nSPS) is 13.9. The Morgan fingerprint density at radius 2 is 1.10 bits per heavy atom. The molecule has 0 fully saturated rings. The van der Waals surface area contributed by atoms with Gasteiger partial charge in [0.2, 0.25) is 0 Å². The second-order valence-electron chi connectivity index (χ2n) is 15.7. The van der Waals surface area contributed by atoms with E-state index in [1.54, 1.807) is 26.0 Å². The number of amides is 12. The van der Waals surface area contributed by atoms with E-state index >= 15 is 0 Å². The number of phenols is 1. The fourth-order valence-electron chi connectivity index (χ4n) is 5.68. The van der Waals surface area contributed by atoms with Crippen LogP contribution in [0.5, 0.6) is 5.75 Å². The molecule has 0 unspecified atom stereocenters. The summed E-state index contributed by atoms with van der Waals surface area (Å²) in [5.41, 5.74) is 6.46. The first-order valence-corrected chi connectivity index (χ1v) is 20.6. The Morgan fingerprint density at radius 1 is 0.593 bits per heavy atom. The number of aromatic hydroxyl groups is 1. The Labute approximate surface area is 349 Å². The van der Waals surface area contributed by atoms with Crippen molar-refractivity contribution in [3.8, 4) is 5.75 Å². The van der Waals surface area contributed by atoms with Crippen LogP contribution in [0.2, 0.25) is 0 Å². The summed E-state index contributed by atoms with van der Waals surface area (Å²) in [7, 11) is 1.52. The van der Waals surface area contributed by atoms with E-state index in [1.807, 2.05) is 34.6 Å². The van der Waals surface area contributed by atoms with E-state index in [2.05, 4.69) is 63.8 Å². The minimum absolute atomic E-state index is 0.0432. The quantitative estimate of drug-likeness (QED) is 0.0683. The largest absolute Gasteiger partial charge is 0.508 e. The Morgan fingerprint density at radius 3 is 1.68 bits per heavy atom. The van der Waals surface area contributed by atoms with Crippen LogP contribution < -0.4 is 69.5 Å². The van der Waals surface area contributed by atoms with Gasteiger partial charge < -0.3 is 74.6 Å². The topological polar surface area (TPSA) is 293 Å². The molecule has 6 atom stereocenters. The Balaban J connectivity index is 2.83. The lowest BCUT2D eigenvalue weighted by atomic mass is 10.0. The minimum Gasteiger partial charge on any atom is -0.508 e. The van der Waals surface area contributed by atoms with E-state index in [-0.39, 0.29) is 80.5 Å². The standard InChI is InChI=1S/C39H73N13O7/c1-9-10-11-29(20-44-34(54)41-8)49-37(57)47-23-33(25(4)5)52-38(58)46-22-31(17-28-12-14-32(53)15-13-28)50-36(56)45-21-30(16-24(2)3)51-39(59)48-27(7)19-43-35(55)42-18-26(6)40/h12-15,24-27,29-31,33,53H,9-11,16-23,40H2,1-8H3,(H2,41,44,54)(H2,42,43,55)(H2,45,50,56)(H2,46,52,58)(H2,47,49,57)(H2,48,51,59)/t26-,27+,29-,30-,31-,33+/m0/s1. The van der Waals surface area contributed by atoms with Crippen molar-refractivity contribution in [2.45, 2.75) is 117 Å². The number of carbonyl (C=O) groups excluding carboxylic acids is 6. The predicted octanol–water partition coefficient (Wildman–Crippen LogP) is 1.46. The van der Waals surface area contributed by atoms with E-state index in [0.29, 0.717) is 25.8 Å². The number of benzene rings is 1. The molecular formula is C39H73N13O7. The fourth-order valence-corrected chi connectivity index (χ4v) is 5.68. The summed E-state index contributed by atoms with van der Waals surface area (Å²) in [5.74, 6) is 0.242. The van der Waals surface area contributed by atoms with Gasteiger partial charge >= 0.3 is 36.2 Å². The summed E-state index contributed by atoms with van der Waals surface area (Å²) in [4.78, 5) is 75.6. The molecule has 0 radical (unpaired) electrons. The molecule has 0 aliphatic heterocycles. The number of carbonyl (C=O) groups is 6. The van der Waals surface area contributed by atoms with E-state index < -0.39 is 42.2 Å². The molecule has 59 heavy (non-hydrogen) atoms. The minimum atomic E-state index is -0.575. The lowest BCUT2D eigenvalue weighted by molar-refractivity contribution is 0.221. The third-order valence-electron chi connectivity index (χ3n) is 8.97. The van der Waals surface area contributed by atoms with Gasteiger partial charge in [-0.2, -0.15) is 0 Å². The fraction of sp³-hybridized carbons (Fsp3) is 0.692. The third-order valence-corrected chi connectivity index (χ3v) is 8.97. The molecule has 0 aliphatic carbocycles. The van der Waals surface area contributed by atoms with Gasteiger partial charge in [-0.05, 0) is 62.6 Å². The van der Waals surface area contributed by atoms with E-state index in [0.717, 1.165) is 18.4 Å². The van der Waals surface area contributed by atoms with Gasteiger partial charge in [-0.25, -0.2) is 28.8 Å². The predicted molar refractivity (Wildman–Crippen MR) is 229 cm³/mol. The van der Waals surface area contributed by atoms with Crippen molar-refractivity contribution in [3.05, 3.63) is 29.8 Å². The third kappa shape index (κ3) is 25.6. The molecule has 0 bridgehead atoms. The van der Waals surface area contributed by atoms with Crippen molar-refractivity contribution in [1.29, 1.82) is 0 Å². The lowest BCUT2D eigenvalue weighted by Crippen LogP contribution is -2.56. The van der Waals surface area contributed by atoms with E-state index in [1.165, 1.54) is 19.2 Å². The van der Waals surface area contributed by atoms with Crippen molar-refractivity contribution >= 4 is 36.2 Å². The first kappa shape index (κ1) is 51.6. The highest BCUT2D eigenvalue weighted by Crippen LogP contribution is 2.12. The van der Waals surface area contributed by atoms with Gasteiger partial charge in [-0.3, -0.25) is 0 Å². The van der Waals surface area contributed by atoms with Crippen LogP contribution in [0.1, 0.15) is 79.7 Å². The van der Waals surface area contributed by atoms with Gasteiger partial charge in [0.05, 0.1) is 12.1 Å². The highest BCUT2D eigenvalue weighted by molar-refractivity contribution is 5.78. The van der Waals surface area contributed by atoms with Gasteiger partial charge in [0.25, 0.3) is 0 Å². The molecule has 336 valence electrons. The maximum absolute atomic E-state index is 13.2. The smallest absolute Gasteiger partial charge is 0.315 e. The number of phenolic OH excluding ortho intramolecular Hbond substituents is 1. The van der Waals surface area contributed by atoms with Crippen molar-refractivity contribution in [2.24, 2.45) is 17.6 Å². The van der Waals surface area contributed by atoms with Crippen LogP contribution in [0.3, 0.4) is 0 Å². The maximum atomic E-state index is 13.2. The number of unbranched alkanes of at least 4 members (excludes halogenated alkanes) is 1. The SMILES string of the molecule is CCCC[C@@H](CNC(=O)NC)NC(=O)NC[C@@H](NC(=O)NC[C@H](Cc1ccc(O)cc1)NC(=O)NC[C@H](CC(C)C)NC(=O)N[C@H](C)CNC(=O)NC[C@H](C)N)C(C)C. The summed E-state index contributed by atoms with van der Waals surface area (Å²) < 4.78 is 0. The zero-order chi connectivity index (χ0) is 44.3. The number of rotatable bonds is 25. The van der Waals surface area contributed by atoms with Crippen molar-refractivity contribution < 1.29 is 33.9 Å². The van der Waals surface area contributed by atoms with Crippen molar-refractivity contribution in [2.75, 3.05) is 46.3 Å². The Bertz CT molecular complexity index is 1420. The molecule has 1 aromatic carbocycles. The average Bonchev–Trinajstić information content (AvgIpc) is 3.17. The van der Waals surface area contributed by atoms with Crippen LogP contribution in [0.25, 0.3) is 0 Å². The number of urea groups is 6. The summed E-state index contributed by atoms with van der Waals surface area (Å²) in [5, 5.41) is 43.2. The molecule has 0 heterocycles. The zero-order valence-corrected chi connectivity index (χ0v) is 36.2. The van der Waals surface area contributed by atoms with Gasteiger partial charge in [-0.15, -0.1) is 0 Å². The van der Waals surface area contributed by atoms with Crippen LogP contribution in [0.15, 0.2) is 24.3 Å². The molecule has 0 spiro atoms. The number of hydrogen-bond donors (Lipinski definition) is 14. The van der Waals surface area contributed by atoms with Crippen LogP contribution in [-0.2, 0) is 6.42 Å². The molecule has 20 heteroatoms. The average molecular weight is 836 g/mol. The molecule has 12 amide bonds. The first-order valence-electron chi connectivity index (χ1n) is 20.6. The van der Waals surface area contributed by atoms with Gasteiger partial charge in [0.15, 0.2) is 0 Å². The van der Waals surface area contributed by atoms with Gasteiger partial charge in [-0.1, -0.05) is 59.6 Å². The zero-order valence-electron chi connectivity index (χ0n) is 36.2. The summed E-state index contributed by atoms with van der Waals surface area (Å²) in [6, 6.07) is 1.63. The monoisotopic (exact) mass is 836 g/mol. The molecule has 0 saturated carbocycles. The number of nitrogens with one attached hydrogen (secondary N) is 12. The summed E-state index contributed by atoms with van der Waals surface area (Å²) in [6.45, 7) is 14.5. The number of nitrogens with two attached hydrogens (primary N) is 1. The highest BCUT2D eigenvalue weighted by atomic mass is 16.3. The van der Waals surface area contributed by atoms with Gasteiger partial charge in [0.1, 0.15) is 5.75 Å². The molecule has 0 aromatic heterocycles. The van der Waals surface area contributed by atoms with Crippen LogP contribution >= 0.6 is 0 Å². The summed E-state index contributed by atoms with van der Waals surface area (Å²) in [6.07, 6.45) is 3.38. The second-order valence-corrected chi connectivity index (χ2v) is 15.7. The molecule has 15 N–H and O–H groups in total. The van der Waals surface area contributed by atoms with Gasteiger partial charge in [0, 0.05) is 70.5 Å². The van der Waals surface area contributed by atoms with Crippen LogP contribution in [-0.4, -0.2) is 124 Å². The molecule has 0 aliphatic rings. The van der Waals surface area contributed by atoms with Crippen molar-refractivity contribution in [1.82, 2.24) is 63.8 Å². The lowest BCUT2D eigenvalue weighted by Gasteiger charge is -2.26. The van der Waals surface area contributed by atoms with E-state index in [9.17, 15) is 33.9 Å². The number of hydrogen-bond acceptors (Lipinski definition) is 8. The van der Waals surface area contributed by atoms with Crippen LogP contribution in [0, 0.1) is 11.8 Å². The molecule has 1 rings (SSSR count). The van der Waals surface area contributed by atoms with E-state index in [4.69, 9.17) is 5.73 Å². The van der Waals surface area contributed by atoms with Crippen molar-refractivity contribution in [3.63, 3.8) is 0 Å². The highest BCUT2D eigenvalue weighted by Gasteiger charge is 2.22. The van der Waals surface area contributed by atoms with Crippen LogP contribution in [0.4, 0.5) is 28.8 Å².